The highest BCUT2D eigenvalue weighted by atomic mass is 32.2. The van der Waals surface area contributed by atoms with Gasteiger partial charge >= 0.3 is 0 Å². The van der Waals surface area contributed by atoms with E-state index in [2.05, 4.69) is 40.3 Å². The molecule has 0 bridgehead atoms. The quantitative estimate of drug-likeness (QED) is 0.517. The van der Waals surface area contributed by atoms with Crippen LogP contribution < -0.4 is 0 Å². The minimum absolute atomic E-state index is 0.377. The Morgan fingerprint density at radius 3 is 2.95 bits per heavy atom. The molecule has 0 radical (unpaired) electrons. The second-order valence-electron chi connectivity index (χ2n) is 5.32. The molecule has 5 heteroatoms. The number of thioether (sulfide) groups is 1. The molecule has 0 aliphatic carbocycles. The van der Waals surface area contributed by atoms with Gasteiger partial charge in [-0.05, 0) is 24.5 Å². The molecular formula is C17H16N2OS2. The van der Waals surface area contributed by atoms with Crippen molar-refractivity contribution in [3.05, 3.63) is 42.7 Å². The first-order valence-corrected chi connectivity index (χ1v) is 9.25. The molecule has 1 aliphatic heterocycles. The number of aromatic nitrogens is 2. The van der Waals surface area contributed by atoms with Gasteiger partial charge in [0.15, 0.2) is 0 Å². The fourth-order valence-corrected chi connectivity index (χ4v) is 4.75. The van der Waals surface area contributed by atoms with Gasteiger partial charge in [-0.2, -0.15) is 0 Å². The smallest absolute Gasteiger partial charge is 0.128 e. The zero-order valence-corrected chi connectivity index (χ0v) is 13.7. The molecular weight excluding hydrogens is 312 g/mol. The standard InChI is InChI=1S/C17H16N2OS2/c1-2-5-12(6-3-1)15-9-14-16(18-11-19-17(14)22-15)21-10-13-7-4-8-20-13/h1-3,5-6,9,11,13H,4,7-8,10H2/t13-/m0/s1. The Morgan fingerprint density at radius 1 is 1.23 bits per heavy atom. The van der Waals surface area contributed by atoms with Crippen LogP contribution in [0.15, 0.2) is 47.8 Å². The molecule has 3 heterocycles. The van der Waals surface area contributed by atoms with Crippen LogP contribution in [-0.2, 0) is 4.74 Å². The van der Waals surface area contributed by atoms with E-state index in [1.54, 1.807) is 29.4 Å². The van der Waals surface area contributed by atoms with Gasteiger partial charge in [0.05, 0.1) is 6.10 Å². The van der Waals surface area contributed by atoms with Crippen LogP contribution in [-0.4, -0.2) is 28.4 Å². The molecule has 2 aromatic heterocycles. The highest BCUT2D eigenvalue weighted by Crippen LogP contribution is 2.36. The fraction of sp³-hybridized carbons (Fsp3) is 0.294. The van der Waals surface area contributed by atoms with Crippen LogP contribution in [0.2, 0.25) is 0 Å². The van der Waals surface area contributed by atoms with E-state index in [4.69, 9.17) is 4.74 Å². The van der Waals surface area contributed by atoms with E-state index in [0.717, 1.165) is 27.6 Å². The Morgan fingerprint density at radius 2 is 2.14 bits per heavy atom. The van der Waals surface area contributed by atoms with Gasteiger partial charge in [-0.25, -0.2) is 9.97 Å². The SMILES string of the molecule is c1ccc(-c2cc3c(SC[C@@H]4CCCO4)ncnc3s2)cc1. The second kappa shape index (κ2) is 6.36. The monoisotopic (exact) mass is 328 g/mol. The molecule has 1 atom stereocenters. The Balaban J connectivity index is 1.63. The summed E-state index contributed by atoms with van der Waals surface area (Å²) in [4.78, 5) is 11.2. The Bertz CT molecular complexity index is 767. The molecule has 1 saturated heterocycles. The van der Waals surface area contributed by atoms with Crippen molar-refractivity contribution in [2.45, 2.75) is 24.0 Å². The van der Waals surface area contributed by atoms with Gasteiger partial charge in [-0.3, -0.25) is 0 Å². The van der Waals surface area contributed by atoms with Crippen molar-refractivity contribution in [1.82, 2.24) is 9.97 Å². The maximum absolute atomic E-state index is 5.70. The molecule has 0 unspecified atom stereocenters. The Kier molecular flexibility index (Phi) is 4.10. The van der Waals surface area contributed by atoms with E-state index in [9.17, 15) is 0 Å². The number of nitrogens with zero attached hydrogens (tertiary/aromatic N) is 2. The summed E-state index contributed by atoms with van der Waals surface area (Å²) >= 11 is 3.51. The number of rotatable bonds is 4. The summed E-state index contributed by atoms with van der Waals surface area (Å²) in [7, 11) is 0. The fourth-order valence-electron chi connectivity index (χ4n) is 2.64. The maximum atomic E-state index is 5.70. The summed E-state index contributed by atoms with van der Waals surface area (Å²) in [5.74, 6) is 0.975. The van der Waals surface area contributed by atoms with Crippen LogP contribution in [0.1, 0.15) is 12.8 Å². The van der Waals surface area contributed by atoms with E-state index < -0.39 is 0 Å². The molecule has 0 N–H and O–H groups in total. The van der Waals surface area contributed by atoms with Crippen LogP contribution in [0.3, 0.4) is 0 Å². The molecule has 22 heavy (non-hydrogen) atoms. The van der Waals surface area contributed by atoms with Crippen molar-refractivity contribution in [2.24, 2.45) is 0 Å². The van der Waals surface area contributed by atoms with E-state index in [1.165, 1.54) is 23.3 Å². The molecule has 1 aromatic carbocycles. The van der Waals surface area contributed by atoms with Crippen molar-refractivity contribution in [3.63, 3.8) is 0 Å². The van der Waals surface area contributed by atoms with Gasteiger partial charge in [0.2, 0.25) is 0 Å². The van der Waals surface area contributed by atoms with Crippen molar-refractivity contribution in [2.75, 3.05) is 12.4 Å². The molecule has 1 fully saturated rings. The van der Waals surface area contributed by atoms with Gasteiger partial charge in [0.25, 0.3) is 0 Å². The third-order valence-electron chi connectivity index (χ3n) is 3.78. The predicted octanol–water partition coefficient (Wildman–Crippen LogP) is 4.63. The lowest BCUT2D eigenvalue weighted by atomic mass is 10.2. The van der Waals surface area contributed by atoms with Gasteiger partial charge in [-0.1, -0.05) is 30.3 Å². The molecule has 0 amide bonds. The summed E-state index contributed by atoms with van der Waals surface area (Å²) < 4.78 is 5.70. The summed E-state index contributed by atoms with van der Waals surface area (Å²) in [5.41, 5.74) is 1.24. The predicted molar refractivity (Wildman–Crippen MR) is 92.5 cm³/mol. The lowest BCUT2D eigenvalue weighted by Gasteiger charge is -2.08. The lowest BCUT2D eigenvalue weighted by Crippen LogP contribution is -2.07. The van der Waals surface area contributed by atoms with Crippen molar-refractivity contribution in [3.8, 4) is 10.4 Å². The number of thiophene rings is 1. The second-order valence-corrected chi connectivity index (χ2v) is 7.36. The zero-order valence-electron chi connectivity index (χ0n) is 12.1. The van der Waals surface area contributed by atoms with Crippen molar-refractivity contribution >= 4 is 33.3 Å². The molecule has 3 aromatic rings. The highest BCUT2D eigenvalue weighted by molar-refractivity contribution is 7.99. The molecule has 1 aliphatic rings. The largest absolute Gasteiger partial charge is 0.377 e. The van der Waals surface area contributed by atoms with Crippen molar-refractivity contribution in [1.29, 1.82) is 0 Å². The lowest BCUT2D eigenvalue weighted by molar-refractivity contribution is 0.129. The van der Waals surface area contributed by atoms with Crippen molar-refractivity contribution < 1.29 is 4.74 Å². The van der Waals surface area contributed by atoms with Gasteiger partial charge in [-0.15, -0.1) is 23.1 Å². The number of hydrogen-bond acceptors (Lipinski definition) is 5. The number of hydrogen-bond donors (Lipinski definition) is 0. The number of benzene rings is 1. The summed E-state index contributed by atoms with van der Waals surface area (Å²) in [5, 5.41) is 2.23. The highest BCUT2D eigenvalue weighted by Gasteiger charge is 2.17. The van der Waals surface area contributed by atoms with E-state index in [-0.39, 0.29) is 0 Å². The minimum Gasteiger partial charge on any atom is -0.377 e. The first kappa shape index (κ1) is 14.2. The average molecular weight is 328 g/mol. The summed E-state index contributed by atoms with van der Waals surface area (Å²) in [6.45, 7) is 0.904. The van der Waals surface area contributed by atoms with Gasteiger partial charge in [0.1, 0.15) is 16.2 Å². The Hall–Kier alpha value is -1.43. The number of fused-ring (bicyclic) bond motifs is 1. The third kappa shape index (κ3) is 2.89. The summed E-state index contributed by atoms with van der Waals surface area (Å²) in [6, 6.07) is 12.7. The van der Waals surface area contributed by atoms with Gasteiger partial charge in [0, 0.05) is 22.6 Å². The molecule has 4 rings (SSSR count). The molecule has 0 saturated carbocycles. The normalized spacial score (nSPS) is 18.1. The average Bonchev–Trinajstić information content (AvgIpc) is 3.23. The van der Waals surface area contributed by atoms with E-state index >= 15 is 0 Å². The van der Waals surface area contributed by atoms with Gasteiger partial charge < -0.3 is 4.74 Å². The topological polar surface area (TPSA) is 35.0 Å². The first-order chi connectivity index (χ1) is 10.9. The molecule has 112 valence electrons. The van der Waals surface area contributed by atoms with Crippen LogP contribution >= 0.6 is 23.1 Å². The van der Waals surface area contributed by atoms with E-state index in [1.807, 2.05) is 6.07 Å². The van der Waals surface area contributed by atoms with Crippen LogP contribution in [0.25, 0.3) is 20.7 Å². The maximum Gasteiger partial charge on any atom is 0.128 e. The zero-order chi connectivity index (χ0) is 14.8. The molecule has 3 nitrogen and oxygen atoms in total. The Labute approximate surface area is 137 Å². The van der Waals surface area contributed by atoms with Crippen LogP contribution in [0.5, 0.6) is 0 Å². The van der Waals surface area contributed by atoms with Crippen LogP contribution in [0.4, 0.5) is 0 Å². The summed E-state index contributed by atoms with van der Waals surface area (Å²) in [6.07, 6.45) is 4.40. The molecule has 0 spiro atoms. The third-order valence-corrected chi connectivity index (χ3v) is 6.01. The number of ether oxygens (including phenoxy) is 1. The van der Waals surface area contributed by atoms with Crippen LogP contribution in [0, 0.1) is 0 Å². The van der Waals surface area contributed by atoms with E-state index in [0.29, 0.717) is 6.10 Å². The minimum atomic E-state index is 0.377. The first-order valence-electron chi connectivity index (χ1n) is 7.44.